The number of halogens is 2. The van der Waals surface area contributed by atoms with E-state index >= 15 is 0 Å². The van der Waals surface area contributed by atoms with Crippen LogP contribution in [0.2, 0.25) is 0 Å². The summed E-state index contributed by atoms with van der Waals surface area (Å²) in [5.74, 6) is 3.84. The Balaban J connectivity index is 0.000000152. The summed E-state index contributed by atoms with van der Waals surface area (Å²) in [4.78, 5) is 0. The van der Waals surface area contributed by atoms with E-state index in [0.29, 0.717) is 23.6 Å². The summed E-state index contributed by atoms with van der Waals surface area (Å²) in [6.45, 7) is 9.20. The van der Waals surface area contributed by atoms with E-state index in [1.165, 1.54) is 12.8 Å². The van der Waals surface area contributed by atoms with Gasteiger partial charge in [-0.1, -0.05) is 39.3 Å². The van der Waals surface area contributed by atoms with Crippen LogP contribution in [-0.2, 0) is 0 Å². The predicted octanol–water partition coefficient (Wildman–Crippen LogP) is 5.38. The van der Waals surface area contributed by atoms with Crippen molar-refractivity contribution in [2.75, 3.05) is 11.8 Å². The molecular weight excluding hydrogens is 367 g/mol. The molecule has 26 heavy (non-hydrogen) atoms. The van der Waals surface area contributed by atoms with E-state index < -0.39 is 11.7 Å². The largest absolute Gasteiger partial charge is 0.390 e. The maximum atomic E-state index is 10.4. The molecule has 2 nitrogen and oxygen atoms in total. The summed E-state index contributed by atoms with van der Waals surface area (Å²) in [6.07, 6.45) is 8.00. The molecule has 0 saturated heterocycles. The van der Waals surface area contributed by atoms with Gasteiger partial charge in [-0.25, -0.2) is 0 Å². The fourth-order valence-corrected chi connectivity index (χ4v) is 6.85. The molecule has 4 heteroatoms. The van der Waals surface area contributed by atoms with Gasteiger partial charge in [0, 0.05) is 11.8 Å². The Kier molecular flexibility index (Phi) is 5.84. The number of alkyl halides is 2. The summed E-state index contributed by atoms with van der Waals surface area (Å²) < 4.78 is 0. The van der Waals surface area contributed by atoms with Gasteiger partial charge in [0.25, 0.3) is 0 Å². The van der Waals surface area contributed by atoms with Crippen molar-refractivity contribution in [2.24, 2.45) is 34.5 Å². The van der Waals surface area contributed by atoms with Crippen LogP contribution in [0.5, 0.6) is 0 Å². The maximum absolute atomic E-state index is 10.4. The Morgan fingerprint density at radius 2 is 1.69 bits per heavy atom. The van der Waals surface area contributed by atoms with Gasteiger partial charge in [0.1, 0.15) is 0 Å². The van der Waals surface area contributed by atoms with Crippen molar-refractivity contribution in [1.82, 2.24) is 0 Å². The van der Waals surface area contributed by atoms with Gasteiger partial charge in [-0.3, -0.25) is 0 Å². The molecule has 150 valence electrons. The van der Waals surface area contributed by atoms with Gasteiger partial charge in [-0.2, -0.15) is 0 Å². The molecule has 0 spiro atoms. The first-order chi connectivity index (χ1) is 12.1. The highest BCUT2D eigenvalue weighted by molar-refractivity contribution is 6.18. The Morgan fingerprint density at radius 3 is 2.19 bits per heavy atom. The number of hydrogen-bond acceptors (Lipinski definition) is 2. The third-order valence-corrected chi connectivity index (χ3v) is 9.00. The van der Waals surface area contributed by atoms with Crippen LogP contribution in [0.3, 0.4) is 0 Å². The van der Waals surface area contributed by atoms with E-state index in [1.807, 2.05) is 0 Å². The molecule has 0 amide bonds. The standard InChI is InChI=1S/C11H19ClO2.C11H17Cl/c1-10(2)7-5-8(10)11(14,3-4-12)9(13)6-7;1-11(2)9-4-3-8(5-6-12)10(11)7-9/h7-9,13-14H,3-6H2,1-2H3;3,9-10H,4-7H2,1-2H3/t7?,8?,9?,11-;/m1./s1. The van der Waals surface area contributed by atoms with Gasteiger partial charge in [0.2, 0.25) is 0 Å². The lowest BCUT2D eigenvalue weighted by Gasteiger charge is -2.65. The quantitative estimate of drug-likeness (QED) is 0.489. The molecular formula is C22H36Cl2O2. The highest BCUT2D eigenvalue weighted by Crippen LogP contribution is 2.63. The van der Waals surface area contributed by atoms with Crippen LogP contribution < -0.4 is 0 Å². The van der Waals surface area contributed by atoms with E-state index in [9.17, 15) is 10.2 Å². The molecule has 4 bridgehead atoms. The minimum atomic E-state index is -0.931. The molecule has 6 aliphatic rings. The minimum Gasteiger partial charge on any atom is -0.390 e. The SMILES string of the molecule is CC1(C)C2CC(O)[C@@](O)(CCCl)C1C2.CC1(C)C2CC=C(CCCl)C1C2. The second kappa shape index (κ2) is 7.25. The third kappa shape index (κ3) is 3.17. The van der Waals surface area contributed by atoms with Gasteiger partial charge in [-0.15, -0.1) is 23.2 Å². The van der Waals surface area contributed by atoms with E-state index in [4.69, 9.17) is 23.2 Å². The Bertz CT molecular complexity index is 556. The van der Waals surface area contributed by atoms with E-state index in [2.05, 4.69) is 33.8 Å². The van der Waals surface area contributed by atoms with Crippen molar-refractivity contribution in [3.8, 4) is 0 Å². The molecule has 4 fully saturated rings. The van der Waals surface area contributed by atoms with Crippen LogP contribution in [0, 0.1) is 34.5 Å². The number of hydrogen-bond donors (Lipinski definition) is 2. The highest BCUT2D eigenvalue weighted by Gasteiger charge is 2.64. The van der Waals surface area contributed by atoms with Gasteiger partial charge >= 0.3 is 0 Å². The molecule has 0 heterocycles. The normalized spacial score (nSPS) is 44.0. The summed E-state index contributed by atoms with van der Waals surface area (Å²) in [5.41, 5.74) is 1.47. The lowest BCUT2D eigenvalue weighted by atomic mass is 9.43. The molecule has 6 rings (SSSR count). The number of aliphatic hydroxyl groups is 2. The first-order valence-corrected chi connectivity index (χ1v) is 11.4. The molecule has 0 aromatic heterocycles. The summed E-state index contributed by atoms with van der Waals surface area (Å²) >= 11 is 11.5. The lowest BCUT2D eigenvalue weighted by Crippen LogP contribution is -2.67. The van der Waals surface area contributed by atoms with Crippen molar-refractivity contribution < 1.29 is 10.2 Å². The Hall–Kier alpha value is 0.240. The van der Waals surface area contributed by atoms with E-state index in [-0.39, 0.29) is 11.3 Å². The van der Waals surface area contributed by atoms with Crippen LogP contribution in [-0.4, -0.2) is 33.7 Å². The molecule has 6 aliphatic carbocycles. The number of allylic oxidation sites excluding steroid dienone is 2. The Labute approximate surface area is 169 Å². The van der Waals surface area contributed by atoms with Crippen molar-refractivity contribution in [3.05, 3.63) is 11.6 Å². The van der Waals surface area contributed by atoms with Gasteiger partial charge < -0.3 is 10.2 Å². The van der Waals surface area contributed by atoms with Crippen LogP contribution in [0.1, 0.15) is 66.2 Å². The Morgan fingerprint density at radius 1 is 1.00 bits per heavy atom. The molecule has 4 saturated carbocycles. The molecule has 6 atom stereocenters. The third-order valence-electron chi connectivity index (χ3n) is 8.62. The fourth-order valence-electron chi connectivity index (χ4n) is 6.33. The zero-order chi connectivity index (χ0) is 19.3. The van der Waals surface area contributed by atoms with Crippen LogP contribution in [0.4, 0.5) is 0 Å². The van der Waals surface area contributed by atoms with Crippen LogP contribution in [0.25, 0.3) is 0 Å². The minimum absolute atomic E-state index is 0.181. The molecule has 2 N–H and O–H groups in total. The zero-order valence-corrected chi connectivity index (χ0v) is 18.3. The molecule has 0 aliphatic heterocycles. The van der Waals surface area contributed by atoms with Crippen LogP contribution in [0.15, 0.2) is 11.6 Å². The first-order valence-electron chi connectivity index (χ1n) is 10.3. The number of fused-ring (bicyclic) bond motifs is 3. The summed E-state index contributed by atoms with van der Waals surface area (Å²) in [5, 5.41) is 20.3. The van der Waals surface area contributed by atoms with Crippen molar-refractivity contribution in [1.29, 1.82) is 0 Å². The number of rotatable bonds is 4. The van der Waals surface area contributed by atoms with Gasteiger partial charge in [-0.05, 0) is 73.0 Å². The molecule has 0 radical (unpaired) electrons. The summed E-state index contributed by atoms with van der Waals surface area (Å²) in [7, 11) is 0. The van der Waals surface area contributed by atoms with E-state index in [1.54, 1.807) is 5.57 Å². The molecule has 5 unspecified atom stereocenters. The monoisotopic (exact) mass is 402 g/mol. The highest BCUT2D eigenvalue weighted by atomic mass is 35.5. The lowest BCUT2D eigenvalue weighted by molar-refractivity contribution is -0.253. The van der Waals surface area contributed by atoms with Crippen molar-refractivity contribution >= 4 is 23.2 Å². The van der Waals surface area contributed by atoms with Gasteiger partial charge in [0.05, 0.1) is 11.7 Å². The number of aliphatic hydroxyl groups excluding tert-OH is 1. The summed E-state index contributed by atoms with van der Waals surface area (Å²) in [6, 6.07) is 0. The van der Waals surface area contributed by atoms with E-state index in [0.717, 1.165) is 37.0 Å². The maximum Gasteiger partial charge on any atom is 0.0950 e. The molecule has 0 aromatic rings. The second-order valence-electron chi connectivity index (χ2n) is 10.2. The second-order valence-corrected chi connectivity index (χ2v) is 11.0. The fraction of sp³-hybridized carbons (Fsp3) is 0.909. The smallest absolute Gasteiger partial charge is 0.0950 e. The molecule has 0 aromatic carbocycles. The first kappa shape index (κ1) is 21.0. The zero-order valence-electron chi connectivity index (χ0n) is 16.8. The average molecular weight is 403 g/mol. The average Bonchev–Trinajstić information content (AvgIpc) is 2.58. The predicted molar refractivity (Wildman–Crippen MR) is 110 cm³/mol. The van der Waals surface area contributed by atoms with Crippen molar-refractivity contribution in [3.63, 3.8) is 0 Å². The van der Waals surface area contributed by atoms with Crippen molar-refractivity contribution in [2.45, 2.75) is 77.9 Å². The van der Waals surface area contributed by atoms with Gasteiger partial charge in [0.15, 0.2) is 0 Å². The van der Waals surface area contributed by atoms with Crippen LogP contribution >= 0.6 is 23.2 Å². The topological polar surface area (TPSA) is 40.5 Å².